The first-order valence-corrected chi connectivity index (χ1v) is 8.32. The molecule has 116 valence electrons. The Morgan fingerprint density at radius 3 is 2.77 bits per heavy atom. The SMILES string of the molecule is CC1CCNCC1NC(=O)c1ccc(-c2ccc(F)cc2)s1. The van der Waals surface area contributed by atoms with E-state index < -0.39 is 0 Å². The van der Waals surface area contributed by atoms with Crippen LogP contribution in [-0.2, 0) is 0 Å². The minimum Gasteiger partial charge on any atom is -0.347 e. The van der Waals surface area contributed by atoms with Crippen LogP contribution in [-0.4, -0.2) is 25.0 Å². The Morgan fingerprint density at radius 2 is 2.05 bits per heavy atom. The lowest BCUT2D eigenvalue weighted by Crippen LogP contribution is -2.50. The molecule has 2 N–H and O–H groups in total. The van der Waals surface area contributed by atoms with Gasteiger partial charge in [-0.25, -0.2) is 4.39 Å². The summed E-state index contributed by atoms with van der Waals surface area (Å²) in [6, 6.07) is 10.3. The van der Waals surface area contributed by atoms with Crippen LogP contribution in [0.4, 0.5) is 4.39 Å². The predicted molar refractivity (Wildman–Crippen MR) is 87.6 cm³/mol. The molecule has 3 rings (SSSR count). The van der Waals surface area contributed by atoms with Crippen molar-refractivity contribution in [3.8, 4) is 10.4 Å². The Labute approximate surface area is 133 Å². The van der Waals surface area contributed by atoms with E-state index in [-0.39, 0.29) is 17.8 Å². The molecule has 1 aromatic carbocycles. The van der Waals surface area contributed by atoms with E-state index in [2.05, 4.69) is 17.6 Å². The normalized spacial score (nSPS) is 21.5. The van der Waals surface area contributed by atoms with Crippen molar-refractivity contribution in [1.29, 1.82) is 0 Å². The highest BCUT2D eigenvalue weighted by Gasteiger charge is 2.23. The van der Waals surface area contributed by atoms with Crippen LogP contribution in [0, 0.1) is 11.7 Å². The van der Waals surface area contributed by atoms with Gasteiger partial charge in [0.15, 0.2) is 0 Å². The first-order chi connectivity index (χ1) is 10.6. The summed E-state index contributed by atoms with van der Waals surface area (Å²) in [6.45, 7) is 4.01. The van der Waals surface area contributed by atoms with Gasteiger partial charge in [-0.1, -0.05) is 19.1 Å². The summed E-state index contributed by atoms with van der Waals surface area (Å²) in [4.78, 5) is 14.0. The van der Waals surface area contributed by atoms with E-state index in [1.807, 2.05) is 12.1 Å². The van der Waals surface area contributed by atoms with Crippen LogP contribution in [0.5, 0.6) is 0 Å². The van der Waals surface area contributed by atoms with E-state index in [1.165, 1.54) is 23.5 Å². The Bertz CT molecular complexity index is 653. The summed E-state index contributed by atoms with van der Waals surface area (Å²) in [5, 5.41) is 6.42. The molecule has 1 aliphatic heterocycles. The maximum absolute atomic E-state index is 13.0. The molecule has 2 unspecified atom stereocenters. The smallest absolute Gasteiger partial charge is 0.261 e. The van der Waals surface area contributed by atoms with Crippen molar-refractivity contribution in [1.82, 2.24) is 10.6 Å². The lowest BCUT2D eigenvalue weighted by atomic mass is 9.95. The second kappa shape index (κ2) is 6.58. The monoisotopic (exact) mass is 318 g/mol. The minimum absolute atomic E-state index is 0.0288. The molecule has 1 fully saturated rings. The van der Waals surface area contributed by atoms with Gasteiger partial charge in [-0.15, -0.1) is 11.3 Å². The zero-order valence-corrected chi connectivity index (χ0v) is 13.3. The average Bonchev–Trinajstić information content (AvgIpc) is 3.00. The molecule has 1 aliphatic rings. The van der Waals surface area contributed by atoms with Crippen LogP contribution in [0.25, 0.3) is 10.4 Å². The summed E-state index contributed by atoms with van der Waals surface area (Å²) >= 11 is 1.43. The third-order valence-electron chi connectivity index (χ3n) is 4.10. The Morgan fingerprint density at radius 1 is 1.27 bits per heavy atom. The fourth-order valence-corrected chi connectivity index (χ4v) is 3.57. The van der Waals surface area contributed by atoms with Gasteiger partial charge in [0.2, 0.25) is 0 Å². The van der Waals surface area contributed by atoms with E-state index in [0.717, 1.165) is 30.0 Å². The molecular weight excluding hydrogens is 299 g/mol. The predicted octanol–water partition coefficient (Wildman–Crippen LogP) is 3.28. The number of carbonyl (C=O) groups is 1. The van der Waals surface area contributed by atoms with Gasteiger partial charge in [0.05, 0.1) is 4.88 Å². The second-order valence-corrected chi connectivity index (χ2v) is 6.80. The molecule has 0 radical (unpaired) electrons. The lowest BCUT2D eigenvalue weighted by Gasteiger charge is -2.30. The number of piperidine rings is 1. The molecule has 2 heterocycles. The minimum atomic E-state index is -0.253. The molecule has 2 aromatic rings. The molecule has 1 amide bonds. The van der Waals surface area contributed by atoms with Crippen molar-refractivity contribution in [3.63, 3.8) is 0 Å². The highest BCUT2D eigenvalue weighted by molar-refractivity contribution is 7.17. The molecule has 0 aliphatic carbocycles. The van der Waals surface area contributed by atoms with Gasteiger partial charge in [-0.2, -0.15) is 0 Å². The summed E-state index contributed by atoms with van der Waals surface area (Å²) in [7, 11) is 0. The topological polar surface area (TPSA) is 41.1 Å². The molecule has 5 heteroatoms. The number of hydrogen-bond donors (Lipinski definition) is 2. The van der Waals surface area contributed by atoms with Crippen molar-refractivity contribution in [2.24, 2.45) is 5.92 Å². The third-order valence-corrected chi connectivity index (χ3v) is 5.24. The number of amides is 1. The number of carbonyl (C=O) groups excluding carboxylic acids is 1. The van der Waals surface area contributed by atoms with Crippen LogP contribution in [0.2, 0.25) is 0 Å². The Balaban J connectivity index is 1.70. The molecule has 1 saturated heterocycles. The number of hydrogen-bond acceptors (Lipinski definition) is 3. The quantitative estimate of drug-likeness (QED) is 0.912. The zero-order valence-electron chi connectivity index (χ0n) is 12.4. The van der Waals surface area contributed by atoms with Gasteiger partial charge in [0, 0.05) is 17.5 Å². The highest BCUT2D eigenvalue weighted by atomic mass is 32.1. The van der Waals surface area contributed by atoms with Crippen LogP contribution >= 0.6 is 11.3 Å². The fourth-order valence-electron chi connectivity index (χ4n) is 2.65. The number of thiophene rings is 1. The summed E-state index contributed by atoms with van der Waals surface area (Å²) in [5.74, 6) is 0.206. The number of nitrogens with one attached hydrogen (secondary N) is 2. The molecule has 0 saturated carbocycles. The first kappa shape index (κ1) is 15.2. The van der Waals surface area contributed by atoms with Crippen LogP contribution < -0.4 is 10.6 Å². The van der Waals surface area contributed by atoms with Gasteiger partial charge in [-0.05, 0) is 48.7 Å². The fraction of sp³-hybridized carbons (Fsp3) is 0.353. The molecule has 2 atom stereocenters. The zero-order chi connectivity index (χ0) is 15.5. The van der Waals surface area contributed by atoms with Crippen LogP contribution in [0.15, 0.2) is 36.4 Å². The van der Waals surface area contributed by atoms with Gasteiger partial charge in [0.1, 0.15) is 5.82 Å². The standard InChI is InChI=1S/C17H19FN2OS/c1-11-8-9-19-10-14(11)20-17(21)16-7-6-15(22-16)12-2-4-13(18)5-3-12/h2-7,11,14,19H,8-10H2,1H3,(H,20,21). The van der Waals surface area contributed by atoms with E-state index >= 15 is 0 Å². The Kier molecular flexibility index (Phi) is 4.55. The van der Waals surface area contributed by atoms with Crippen molar-refractivity contribution in [2.45, 2.75) is 19.4 Å². The first-order valence-electron chi connectivity index (χ1n) is 7.51. The molecule has 0 bridgehead atoms. The molecule has 3 nitrogen and oxygen atoms in total. The van der Waals surface area contributed by atoms with Crippen molar-refractivity contribution in [3.05, 3.63) is 47.1 Å². The summed E-state index contributed by atoms with van der Waals surface area (Å²) < 4.78 is 13.0. The van der Waals surface area contributed by atoms with Crippen molar-refractivity contribution in [2.75, 3.05) is 13.1 Å². The van der Waals surface area contributed by atoms with Crippen molar-refractivity contribution < 1.29 is 9.18 Å². The van der Waals surface area contributed by atoms with E-state index in [0.29, 0.717) is 10.8 Å². The van der Waals surface area contributed by atoms with E-state index in [4.69, 9.17) is 0 Å². The van der Waals surface area contributed by atoms with Crippen LogP contribution in [0.3, 0.4) is 0 Å². The van der Waals surface area contributed by atoms with Gasteiger partial charge in [0.25, 0.3) is 5.91 Å². The highest BCUT2D eigenvalue weighted by Crippen LogP contribution is 2.28. The summed E-state index contributed by atoms with van der Waals surface area (Å²) in [5.41, 5.74) is 0.929. The number of halogens is 1. The molecule has 22 heavy (non-hydrogen) atoms. The van der Waals surface area contributed by atoms with Gasteiger partial charge < -0.3 is 10.6 Å². The Hall–Kier alpha value is -1.72. The van der Waals surface area contributed by atoms with E-state index in [9.17, 15) is 9.18 Å². The second-order valence-electron chi connectivity index (χ2n) is 5.72. The number of benzene rings is 1. The molecule has 1 aromatic heterocycles. The van der Waals surface area contributed by atoms with Gasteiger partial charge >= 0.3 is 0 Å². The molecule has 0 spiro atoms. The van der Waals surface area contributed by atoms with Gasteiger partial charge in [-0.3, -0.25) is 4.79 Å². The maximum atomic E-state index is 13.0. The van der Waals surface area contributed by atoms with E-state index in [1.54, 1.807) is 12.1 Å². The maximum Gasteiger partial charge on any atom is 0.261 e. The largest absolute Gasteiger partial charge is 0.347 e. The summed E-state index contributed by atoms with van der Waals surface area (Å²) in [6.07, 6.45) is 1.08. The molecular formula is C17H19FN2OS. The average molecular weight is 318 g/mol. The van der Waals surface area contributed by atoms with Crippen molar-refractivity contribution >= 4 is 17.2 Å². The number of rotatable bonds is 3. The lowest BCUT2D eigenvalue weighted by molar-refractivity contribution is 0.0919. The third kappa shape index (κ3) is 3.36. The van der Waals surface area contributed by atoms with Crippen LogP contribution in [0.1, 0.15) is 23.0 Å².